The van der Waals surface area contributed by atoms with Gasteiger partial charge >= 0.3 is 0 Å². The fraction of sp³-hybridized carbons (Fsp3) is 0.400. The molecule has 4 rings (SSSR count). The normalized spacial score (nSPS) is 20.1. The molecule has 142 valence electrons. The Morgan fingerprint density at radius 3 is 2.67 bits per heavy atom. The van der Waals surface area contributed by atoms with E-state index in [0.717, 1.165) is 31.5 Å². The summed E-state index contributed by atoms with van der Waals surface area (Å²) >= 11 is 0. The summed E-state index contributed by atoms with van der Waals surface area (Å²) in [6.45, 7) is 3.31. The van der Waals surface area contributed by atoms with Crippen molar-refractivity contribution < 1.29 is 14.0 Å². The number of carbonyl (C=O) groups is 2. The second-order valence-corrected chi connectivity index (χ2v) is 7.07. The first-order valence-corrected chi connectivity index (χ1v) is 9.38. The van der Waals surface area contributed by atoms with Crippen LogP contribution in [0.1, 0.15) is 45.3 Å². The predicted octanol–water partition coefficient (Wildman–Crippen LogP) is 2.18. The van der Waals surface area contributed by atoms with Crippen LogP contribution in [-0.2, 0) is 0 Å². The first-order chi connectivity index (χ1) is 13.1. The Morgan fingerprint density at radius 2 is 1.89 bits per heavy atom. The van der Waals surface area contributed by atoms with E-state index < -0.39 is 0 Å². The van der Waals surface area contributed by atoms with Gasteiger partial charge in [-0.3, -0.25) is 9.59 Å². The number of likely N-dealkylation sites (tertiary alicyclic amines) is 1. The minimum Gasteiger partial charge on any atom is -0.356 e. The van der Waals surface area contributed by atoms with Gasteiger partial charge in [-0.15, -0.1) is 0 Å². The summed E-state index contributed by atoms with van der Waals surface area (Å²) in [5, 5.41) is 3.26. The van der Waals surface area contributed by atoms with Gasteiger partial charge in [0.2, 0.25) is 0 Å². The van der Waals surface area contributed by atoms with E-state index in [0.29, 0.717) is 30.9 Å². The molecule has 0 spiro atoms. The van der Waals surface area contributed by atoms with Crippen LogP contribution in [0.25, 0.3) is 0 Å². The Kier molecular flexibility index (Phi) is 4.94. The Labute approximate surface area is 157 Å². The molecule has 2 aliphatic rings. The molecule has 0 saturated carbocycles. The van der Waals surface area contributed by atoms with Gasteiger partial charge in [-0.2, -0.15) is 0 Å². The number of H-pyrrole nitrogens is 1. The van der Waals surface area contributed by atoms with E-state index in [1.165, 1.54) is 12.1 Å². The maximum absolute atomic E-state index is 13.6. The smallest absolute Gasteiger partial charge is 0.270 e. The van der Waals surface area contributed by atoms with E-state index in [1.54, 1.807) is 28.1 Å². The molecule has 2 amide bonds. The highest BCUT2D eigenvalue weighted by Crippen LogP contribution is 2.25. The molecule has 27 heavy (non-hydrogen) atoms. The number of aromatic nitrogens is 1. The molecule has 3 heterocycles. The highest BCUT2D eigenvalue weighted by molar-refractivity contribution is 5.99. The van der Waals surface area contributed by atoms with Crippen LogP contribution < -0.4 is 5.32 Å². The Balaban J connectivity index is 1.54. The molecule has 1 aromatic heterocycles. The molecular weight excluding hydrogens is 347 g/mol. The zero-order chi connectivity index (χ0) is 18.8. The number of amides is 2. The van der Waals surface area contributed by atoms with Crippen molar-refractivity contribution in [3.05, 3.63) is 59.2 Å². The van der Waals surface area contributed by atoms with Gasteiger partial charge in [0.15, 0.2) is 0 Å². The largest absolute Gasteiger partial charge is 0.356 e. The summed E-state index contributed by atoms with van der Waals surface area (Å²) in [4.78, 5) is 32.1. The van der Waals surface area contributed by atoms with E-state index in [9.17, 15) is 14.0 Å². The lowest BCUT2D eigenvalue weighted by atomic mass is 10.0. The van der Waals surface area contributed by atoms with Gasteiger partial charge in [-0.1, -0.05) is 12.1 Å². The van der Waals surface area contributed by atoms with Crippen LogP contribution >= 0.6 is 0 Å². The molecule has 0 bridgehead atoms. The van der Waals surface area contributed by atoms with Gasteiger partial charge < -0.3 is 20.1 Å². The van der Waals surface area contributed by atoms with E-state index >= 15 is 0 Å². The number of halogens is 1. The zero-order valence-corrected chi connectivity index (χ0v) is 15.1. The quantitative estimate of drug-likeness (QED) is 0.870. The molecule has 1 atom stereocenters. The second-order valence-electron chi connectivity index (χ2n) is 7.07. The third-order valence-corrected chi connectivity index (χ3v) is 5.29. The molecule has 7 heteroatoms. The fourth-order valence-electron chi connectivity index (χ4n) is 3.86. The first-order valence-electron chi connectivity index (χ1n) is 9.38. The van der Waals surface area contributed by atoms with Crippen molar-refractivity contribution >= 4 is 11.8 Å². The maximum atomic E-state index is 13.6. The summed E-state index contributed by atoms with van der Waals surface area (Å²) in [5.41, 5.74) is 1.66. The number of hydrogen-bond donors (Lipinski definition) is 2. The molecule has 6 nitrogen and oxygen atoms in total. The SMILES string of the molecule is O=C(c1cc(C(=O)N2CCNCC2c2cccc(F)c2)c[nH]1)N1CCCC1. The van der Waals surface area contributed by atoms with Crippen LogP contribution in [0.3, 0.4) is 0 Å². The van der Waals surface area contributed by atoms with Gasteiger partial charge in [-0.05, 0) is 36.6 Å². The molecule has 1 unspecified atom stereocenters. The van der Waals surface area contributed by atoms with Gasteiger partial charge in [0.1, 0.15) is 11.5 Å². The molecule has 2 N–H and O–H groups in total. The molecule has 0 aliphatic carbocycles. The second kappa shape index (κ2) is 7.52. The fourth-order valence-corrected chi connectivity index (χ4v) is 3.86. The van der Waals surface area contributed by atoms with Crippen LogP contribution in [0.5, 0.6) is 0 Å². The van der Waals surface area contributed by atoms with E-state index in [2.05, 4.69) is 10.3 Å². The molecule has 2 saturated heterocycles. The van der Waals surface area contributed by atoms with E-state index in [4.69, 9.17) is 0 Å². The van der Waals surface area contributed by atoms with E-state index in [1.807, 2.05) is 6.07 Å². The maximum Gasteiger partial charge on any atom is 0.270 e. The number of piperazine rings is 1. The van der Waals surface area contributed by atoms with Crippen molar-refractivity contribution in [3.8, 4) is 0 Å². The van der Waals surface area contributed by atoms with Gasteiger partial charge in [0.05, 0.1) is 11.6 Å². The number of benzene rings is 1. The van der Waals surface area contributed by atoms with Crippen LogP contribution in [-0.4, -0.2) is 59.3 Å². The van der Waals surface area contributed by atoms with Crippen molar-refractivity contribution in [2.45, 2.75) is 18.9 Å². The van der Waals surface area contributed by atoms with Gasteiger partial charge in [0.25, 0.3) is 11.8 Å². The zero-order valence-electron chi connectivity index (χ0n) is 15.1. The number of carbonyl (C=O) groups excluding carboxylic acids is 2. The number of hydrogen-bond acceptors (Lipinski definition) is 3. The van der Waals surface area contributed by atoms with Gasteiger partial charge in [0, 0.05) is 38.9 Å². The molecule has 1 aromatic carbocycles. The highest BCUT2D eigenvalue weighted by Gasteiger charge is 2.30. The Bertz CT molecular complexity index is 844. The third-order valence-electron chi connectivity index (χ3n) is 5.29. The molecule has 2 aliphatic heterocycles. The van der Waals surface area contributed by atoms with Crippen molar-refractivity contribution in [1.82, 2.24) is 20.1 Å². The summed E-state index contributed by atoms with van der Waals surface area (Å²) in [6.07, 6.45) is 3.64. The van der Waals surface area contributed by atoms with Crippen molar-refractivity contribution in [2.75, 3.05) is 32.7 Å². The lowest BCUT2D eigenvalue weighted by molar-refractivity contribution is 0.0634. The Hall–Kier alpha value is -2.67. The standard InChI is InChI=1S/C20H23FN4O2/c21-16-5-3-4-14(10-16)18-13-22-6-9-25(18)19(26)15-11-17(23-12-15)20(27)24-7-1-2-8-24/h3-5,10-12,18,22-23H,1-2,6-9,13H2. The molecule has 2 fully saturated rings. The minimum atomic E-state index is -0.314. The van der Waals surface area contributed by atoms with E-state index in [-0.39, 0.29) is 23.7 Å². The number of aromatic amines is 1. The Morgan fingerprint density at radius 1 is 1.07 bits per heavy atom. The van der Waals surface area contributed by atoms with Crippen LogP contribution in [0, 0.1) is 5.82 Å². The molecule has 2 aromatic rings. The summed E-state index contributed by atoms with van der Waals surface area (Å²) in [7, 11) is 0. The van der Waals surface area contributed by atoms with Crippen molar-refractivity contribution in [2.24, 2.45) is 0 Å². The molecular formula is C20H23FN4O2. The summed E-state index contributed by atoms with van der Waals surface area (Å²) in [5.74, 6) is -0.526. The lowest BCUT2D eigenvalue weighted by Gasteiger charge is -2.36. The third kappa shape index (κ3) is 3.60. The molecule has 0 radical (unpaired) electrons. The monoisotopic (exact) mass is 370 g/mol. The number of nitrogens with zero attached hydrogens (tertiary/aromatic N) is 2. The van der Waals surface area contributed by atoms with Gasteiger partial charge in [-0.25, -0.2) is 4.39 Å². The van der Waals surface area contributed by atoms with Crippen molar-refractivity contribution in [3.63, 3.8) is 0 Å². The van der Waals surface area contributed by atoms with Crippen LogP contribution in [0.4, 0.5) is 4.39 Å². The number of rotatable bonds is 3. The first kappa shape index (κ1) is 17.7. The topological polar surface area (TPSA) is 68.4 Å². The predicted molar refractivity (Wildman–Crippen MR) is 99.0 cm³/mol. The summed E-state index contributed by atoms with van der Waals surface area (Å²) in [6, 6.07) is 7.75. The highest BCUT2D eigenvalue weighted by atomic mass is 19.1. The lowest BCUT2D eigenvalue weighted by Crippen LogP contribution is -2.48. The summed E-state index contributed by atoms with van der Waals surface area (Å²) < 4.78 is 13.6. The minimum absolute atomic E-state index is 0.0615. The average molecular weight is 370 g/mol. The average Bonchev–Trinajstić information content (AvgIpc) is 3.39. The van der Waals surface area contributed by atoms with Crippen molar-refractivity contribution in [1.29, 1.82) is 0 Å². The van der Waals surface area contributed by atoms with Crippen LogP contribution in [0.15, 0.2) is 36.5 Å². The number of nitrogens with one attached hydrogen (secondary N) is 2. The van der Waals surface area contributed by atoms with Crippen LogP contribution in [0.2, 0.25) is 0 Å².